The summed E-state index contributed by atoms with van der Waals surface area (Å²) in [4.78, 5) is 28.1. The highest BCUT2D eigenvalue weighted by atomic mass is 19.1. The number of carbonyl (C=O) groups excluding carboxylic acids is 2. The maximum Gasteiger partial charge on any atom is 0.315 e. The van der Waals surface area contributed by atoms with Crippen molar-refractivity contribution < 1.29 is 14.0 Å². The van der Waals surface area contributed by atoms with E-state index in [-0.39, 0.29) is 30.2 Å². The molecule has 1 aromatic rings. The predicted octanol–water partition coefficient (Wildman–Crippen LogP) is 2.11. The van der Waals surface area contributed by atoms with Gasteiger partial charge in [0.15, 0.2) is 0 Å². The summed E-state index contributed by atoms with van der Waals surface area (Å²) < 4.78 is 13.3. The molecule has 3 rings (SSSR count). The van der Waals surface area contributed by atoms with E-state index < -0.39 is 0 Å². The number of likely N-dealkylation sites (tertiary alicyclic amines) is 1. The topological polar surface area (TPSA) is 64.7 Å². The summed E-state index contributed by atoms with van der Waals surface area (Å²) in [6.07, 6.45) is 5.02. The fraction of sp³-hybridized carbons (Fsp3) is 0.579. The highest BCUT2D eigenvalue weighted by molar-refractivity contribution is 5.96. The zero-order valence-corrected chi connectivity index (χ0v) is 15.0. The van der Waals surface area contributed by atoms with Gasteiger partial charge < -0.3 is 20.4 Å². The molecule has 2 aliphatic rings. The number of anilines is 1. The molecule has 2 saturated heterocycles. The fourth-order valence-corrected chi connectivity index (χ4v) is 3.62. The molecule has 0 bridgehead atoms. The Morgan fingerprint density at radius 1 is 1.23 bits per heavy atom. The molecule has 0 saturated carbocycles. The van der Waals surface area contributed by atoms with Crippen molar-refractivity contribution in [2.75, 3.05) is 37.6 Å². The number of hydrogen-bond acceptors (Lipinski definition) is 3. The van der Waals surface area contributed by atoms with Crippen LogP contribution in [0.25, 0.3) is 0 Å². The number of rotatable bonds is 6. The standard InChI is InChI=1S/C19H27FN4O2/c20-15-6-4-7-17(12-15)24-14-16(13-18(24)25)22-19(26)21-8-5-11-23-9-2-1-3-10-23/h4,6-7,12,16H,1-3,5,8-11,13-14H2,(H2,21,22,26)/t16-/m0/s1. The largest absolute Gasteiger partial charge is 0.338 e. The number of benzene rings is 1. The first-order valence-corrected chi connectivity index (χ1v) is 9.44. The molecule has 6 nitrogen and oxygen atoms in total. The van der Waals surface area contributed by atoms with Crippen molar-refractivity contribution in [2.45, 2.75) is 38.1 Å². The normalized spacial score (nSPS) is 21.0. The number of carbonyl (C=O) groups is 2. The third-order valence-corrected chi connectivity index (χ3v) is 4.97. The van der Waals surface area contributed by atoms with Crippen LogP contribution in [0.1, 0.15) is 32.1 Å². The van der Waals surface area contributed by atoms with Gasteiger partial charge in [-0.2, -0.15) is 0 Å². The molecule has 2 N–H and O–H groups in total. The monoisotopic (exact) mass is 362 g/mol. The summed E-state index contributed by atoms with van der Waals surface area (Å²) in [5, 5.41) is 5.70. The van der Waals surface area contributed by atoms with Gasteiger partial charge in [0.1, 0.15) is 5.82 Å². The highest BCUT2D eigenvalue weighted by Gasteiger charge is 2.31. The van der Waals surface area contributed by atoms with Crippen molar-refractivity contribution in [3.8, 4) is 0 Å². The molecule has 26 heavy (non-hydrogen) atoms. The van der Waals surface area contributed by atoms with Crippen molar-refractivity contribution in [2.24, 2.45) is 0 Å². The molecule has 0 radical (unpaired) electrons. The molecule has 0 aromatic heterocycles. The van der Waals surface area contributed by atoms with Crippen LogP contribution in [-0.2, 0) is 4.79 Å². The first-order chi connectivity index (χ1) is 12.6. The second-order valence-corrected chi connectivity index (χ2v) is 7.04. The Labute approximate surface area is 153 Å². The molecular formula is C19H27FN4O2. The minimum Gasteiger partial charge on any atom is -0.338 e. The Hall–Kier alpha value is -2.15. The van der Waals surface area contributed by atoms with Crippen LogP contribution < -0.4 is 15.5 Å². The van der Waals surface area contributed by atoms with Crippen molar-refractivity contribution in [3.05, 3.63) is 30.1 Å². The summed E-state index contributed by atoms with van der Waals surface area (Å²) in [6.45, 7) is 4.31. The molecule has 2 heterocycles. The van der Waals surface area contributed by atoms with E-state index in [0.29, 0.717) is 18.8 Å². The summed E-state index contributed by atoms with van der Waals surface area (Å²) in [5.41, 5.74) is 0.529. The van der Waals surface area contributed by atoms with Gasteiger partial charge in [0.2, 0.25) is 5.91 Å². The number of amides is 3. The van der Waals surface area contributed by atoms with Gasteiger partial charge in [0.05, 0.1) is 6.04 Å². The first-order valence-electron chi connectivity index (χ1n) is 9.44. The molecule has 1 atom stereocenters. The van der Waals surface area contributed by atoms with Crippen molar-refractivity contribution in [1.29, 1.82) is 0 Å². The summed E-state index contributed by atoms with van der Waals surface area (Å²) in [6, 6.07) is 5.45. The fourth-order valence-electron chi connectivity index (χ4n) is 3.62. The zero-order valence-electron chi connectivity index (χ0n) is 15.0. The molecular weight excluding hydrogens is 335 g/mol. The molecule has 0 spiro atoms. The van der Waals surface area contributed by atoms with Crippen LogP contribution in [0.15, 0.2) is 24.3 Å². The first kappa shape index (κ1) is 18.6. The number of nitrogens with one attached hydrogen (secondary N) is 2. The Kier molecular flexibility index (Phi) is 6.44. The molecule has 7 heteroatoms. The van der Waals surface area contributed by atoms with Gasteiger partial charge in [0.25, 0.3) is 0 Å². The highest BCUT2D eigenvalue weighted by Crippen LogP contribution is 2.22. The molecule has 0 aliphatic carbocycles. The van der Waals surface area contributed by atoms with Crippen LogP contribution in [0.4, 0.5) is 14.9 Å². The van der Waals surface area contributed by atoms with Crippen LogP contribution in [0, 0.1) is 5.82 Å². The third-order valence-electron chi connectivity index (χ3n) is 4.97. The molecule has 0 unspecified atom stereocenters. The van der Waals surface area contributed by atoms with E-state index in [1.807, 2.05) is 0 Å². The second kappa shape index (κ2) is 8.98. The van der Waals surface area contributed by atoms with E-state index in [4.69, 9.17) is 0 Å². The molecule has 142 valence electrons. The number of halogens is 1. The average Bonchev–Trinajstić information content (AvgIpc) is 3.00. The van der Waals surface area contributed by atoms with E-state index in [0.717, 1.165) is 26.1 Å². The molecule has 3 amide bonds. The molecule has 2 aliphatic heterocycles. The van der Waals surface area contributed by atoms with Gasteiger partial charge in [-0.15, -0.1) is 0 Å². The van der Waals surface area contributed by atoms with Crippen molar-refractivity contribution in [3.63, 3.8) is 0 Å². The van der Waals surface area contributed by atoms with Gasteiger partial charge in [-0.05, 0) is 57.1 Å². The van der Waals surface area contributed by atoms with Gasteiger partial charge in [0, 0.05) is 25.2 Å². The Morgan fingerprint density at radius 2 is 2.04 bits per heavy atom. The predicted molar refractivity (Wildman–Crippen MR) is 98.6 cm³/mol. The SMILES string of the molecule is O=C(NCCCN1CCCCC1)N[C@H]1CC(=O)N(c2cccc(F)c2)C1. The van der Waals surface area contributed by atoms with Crippen LogP contribution in [0.2, 0.25) is 0 Å². The maximum absolute atomic E-state index is 13.3. The summed E-state index contributed by atoms with van der Waals surface area (Å²) >= 11 is 0. The summed E-state index contributed by atoms with van der Waals surface area (Å²) in [5.74, 6) is -0.482. The third kappa shape index (κ3) is 5.17. The van der Waals surface area contributed by atoms with Gasteiger partial charge >= 0.3 is 6.03 Å². The Morgan fingerprint density at radius 3 is 2.81 bits per heavy atom. The van der Waals surface area contributed by atoms with Crippen LogP contribution >= 0.6 is 0 Å². The van der Waals surface area contributed by atoms with E-state index >= 15 is 0 Å². The Bertz CT molecular complexity index is 634. The van der Waals surface area contributed by atoms with Crippen molar-refractivity contribution in [1.82, 2.24) is 15.5 Å². The lowest BCUT2D eigenvalue weighted by Gasteiger charge is -2.26. The average molecular weight is 362 g/mol. The number of piperidine rings is 1. The summed E-state index contributed by atoms with van der Waals surface area (Å²) in [7, 11) is 0. The number of nitrogens with zero attached hydrogens (tertiary/aromatic N) is 2. The van der Waals surface area contributed by atoms with Crippen LogP contribution in [-0.4, -0.2) is 55.6 Å². The van der Waals surface area contributed by atoms with E-state index in [2.05, 4.69) is 15.5 Å². The Balaban J connectivity index is 1.37. The lowest BCUT2D eigenvalue weighted by Crippen LogP contribution is -2.44. The maximum atomic E-state index is 13.3. The van der Waals surface area contributed by atoms with Gasteiger partial charge in [-0.3, -0.25) is 4.79 Å². The van der Waals surface area contributed by atoms with Crippen LogP contribution in [0.3, 0.4) is 0 Å². The van der Waals surface area contributed by atoms with Crippen molar-refractivity contribution >= 4 is 17.6 Å². The molecule has 2 fully saturated rings. The minimum atomic E-state index is -0.377. The quantitative estimate of drug-likeness (QED) is 0.762. The lowest BCUT2D eigenvalue weighted by atomic mass is 10.1. The smallest absolute Gasteiger partial charge is 0.315 e. The molecule has 1 aromatic carbocycles. The minimum absolute atomic E-state index is 0.106. The number of urea groups is 1. The van der Waals surface area contributed by atoms with Gasteiger partial charge in [-0.1, -0.05) is 12.5 Å². The van der Waals surface area contributed by atoms with Gasteiger partial charge in [-0.25, -0.2) is 9.18 Å². The van der Waals surface area contributed by atoms with Crippen LogP contribution in [0.5, 0.6) is 0 Å². The lowest BCUT2D eigenvalue weighted by molar-refractivity contribution is -0.117. The number of hydrogen-bond donors (Lipinski definition) is 2. The second-order valence-electron chi connectivity index (χ2n) is 7.04. The zero-order chi connectivity index (χ0) is 18.4. The van der Waals surface area contributed by atoms with E-state index in [1.54, 1.807) is 12.1 Å². The van der Waals surface area contributed by atoms with E-state index in [9.17, 15) is 14.0 Å². The van der Waals surface area contributed by atoms with E-state index in [1.165, 1.54) is 36.3 Å².